The Labute approximate surface area is 190 Å². The van der Waals surface area contributed by atoms with E-state index in [1.54, 1.807) is 18.2 Å². The Balaban J connectivity index is 1.44. The van der Waals surface area contributed by atoms with Crippen molar-refractivity contribution < 1.29 is 14.3 Å². The first-order valence-corrected chi connectivity index (χ1v) is 11.0. The van der Waals surface area contributed by atoms with Gasteiger partial charge in [0.25, 0.3) is 11.8 Å². The Morgan fingerprint density at radius 1 is 1.09 bits per heavy atom. The van der Waals surface area contributed by atoms with Crippen LogP contribution in [0.3, 0.4) is 0 Å². The molecule has 1 fully saturated rings. The first-order chi connectivity index (χ1) is 16.1. The van der Waals surface area contributed by atoms with E-state index in [-0.39, 0.29) is 5.91 Å². The molecule has 33 heavy (non-hydrogen) atoms. The average molecular weight is 444 g/mol. The lowest BCUT2D eigenvalue weighted by Gasteiger charge is -2.26. The van der Waals surface area contributed by atoms with Gasteiger partial charge in [0.2, 0.25) is 0 Å². The number of morpholine rings is 1. The highest BCUT2D eigenvalue weighted by Gasteiger charge is 2.17. The molecule has 0 aliphatic carbocycles. The quantitative estimate of drug-likeness (QED) is 0.424. The van der Waals surface area contributed by atoms with Crippen LogP contribution in [0.25, 0.3) is 33.2 Å². The lowest BCUT2D eigenvalue weighted by molar-refractivity contribution is 0.0383. The fourth-order valence-electron chi connectivity index (χ4n) is 4.20. The third-order valence-corrected chi connectivity index (χ3v) is 5.97. The number of ether oxygens (including phenoxy) is 1. The number of hydrogen-bond acceptors (Lipinski definition) is 5. The number of primary amides is 1. The molecule has 8 heteroatoms. The van der Waals surface area contributed by atoms with E-state index in [1.165, 1.54) is 0 Å². The second kappa shape index (κ2) is 9.01. The van der Waals surface area contributed by atoms with Crippen molar-refractivity contribution in [1.82, 2.24) is 20.2 Å². The van der Waals surface area contributed by atoms with Crippen molar-refractivity contribution in [2.24, 2.45) is 5.73 Å². The highest BCUT2D eigenvalue weighted by atomic mass is 16.5. The zero-order valence-electron chi connectivity index (χ0n) is 18.1. The molecular weight excluding hydrogens is 418 g/mol. The molecule has 0 bridgehead atoms. The topological polar surface area (TPSA) is 113 Å². The van der Waals surface area contributed by atoms with Crippen molar-refractivity contribution >= 4 is 33.8 Å². The van der Waals surface area contributed by atoms with Crippen LogP contribution in [0.15, 0.2) is 54.6 Å². The Hall–Kier alpha value is -3.75. The summed E-state index contributed by atoms with van der Waals surface area (Å²) in [7, 11) is 0. The van der Waals surface area contributed by atoms with Crippen molar-refractivity contribution in [3.05, 3.63) is 65.7 Å². The summed E-state index contributed by atoms with van der Waals surface area (Å²) in [6, 6.07) is 16.8. The summed E-state index contributed by atoms with van der Waals surface area (Å²) < 4.78 is 5.35. The lowest BCUT2D eigenvalue weighted by atomic mass is 10.1. The SMILES string of the molecule is NC(=O)c1cc(-c2ccccc2)nc2c1[nH]c1cc(C(=O)NCCN3CCOCC3)ccc12. The molecular formula is C25H25N5O3. The Bertz CT molecular complexity index is 1330. The molecule has 2 aromatic carbocycles. The van der Waals surface area contributed by atoms with Crippen molar-refractivity contribution in [1.29, 1.82) is 0 Å². The molecule has 4 aromatic rings. The number of nitrogens with two attached hydrogens (primary N) is 1. The molecule has 2 aromatic heterocycles. The van der Waals surface area contributed by atoms with Gasteiger partial charge < -0.3 is 20.8 Å². The van der Waals surface area contributed by atoms with Crippen LogP contribution >= 0.6 is 0 Å². The zero-order chi connectivity index (χ0) is 22.8. The maximum atomic E-state index is 12.7. The summed E-state index contributed by atoms with van der Waals surface area (Å²) in [6.45, 7) is 4.60. The molecule has 4 N–H and O–H groups in total. The Morgan fingerprint density at radius 2 is 1.88 bits per heavy atom. The van der Waals surface area contributed by atoms with Gasteiger partial charge >= 0.3 is 0 Å². The largest absolute Gasteiger partial charge is 0.379 e. The van der Waals surface area contributed by atoms with Crippen molar-refractivity contribution in [2.45, 2.75) is 0 Å². The molecule has 168 valence electrons. The molecule has 1 aliphatic rings. The van der Waals surface area contributed by atoms with E-state index >= 15 is 0 Å². The van der Waals surface area contributed by atoms with E-state index in [0.717, 1.165) is 49.3 Å². The lowest BCUT2D eigenvalue weighted by Crippen LogP contribution is -2.41. The number of amides is 2. The zero-order valence-corrected chi connectivity index (χ0v) is 18.1. The predicted octanol–water partition coefficient (Wildman–Crippen LogP) is 2.54. The van der Waals surface area contributed by atoms with Crippen LogP contribution in [0, 0.1) is 0 Å². The van der Waals surface area contributed by atoms with Crippen molar-refractivity contribution in [3.8, 4) is 11.3 Å². The van der Waals surface area contributed by atoms with E-state index in [2.05, 4.69) is 15.2 Å². The fraction of sp³-hybridized carbons (Fsp3) is 0.240. The number of nitrogens with zero attached hydrogens (tertiary/aromatic N) is 2. The van der Waals surface area contributed by atoms with Gasteiger partial charge in [-0.2, -0.15) is 0 Å². The smallest absolute Gasteiger partial charge is 0.251 e. The number of carbonyl (C=O) groups excluding carboxylic acids is 2. The molecule has 5 rings (SSSR count). The van der Waals surface area contributed by atoms with Gasteiger partial charge in [0.1, 0.15) is 0 Å². The molecule has 0 atom stereocenters. The van der Waals surface area contributed by atoms with Gasteiger partial charge in [-0.25, -0.2) is 4.98 Å². The molecule has 0 radical (unpaired) electrons. The molecule has 8 nitrogen and oxygen atoms in total. The summed E-state index contributed by atoms with van der Waals surface area (Å²) in [5, 5.41) is 3.81. The molecule has 2 amide bonds. The highest BCUT2D eigenvalue weighted by molar-refractivity contribution is 6.14. The Kier molecular flexibility index (Phi) is 5.77. The van der Waals surface area contributed by atoms with E-state index in [4.69, 9.17) is 15.5 Å². The minimum atomic E-state index is -0.535. The van der Waals surface area contributed by atoms with E-state index in [0.29, 0.717) is 34.4 Å². The molecule has 3 heterocycles. The van der Waals surface area contributed by atoms with Gasteiger partial charge in [-0.05, 0) is 24.3 Å². The van der Waals surface area contributed by atoms with Crippen molar-refractivity contribution in [3.63, 3.8) is 0 Å². The molecule has 0 spiro atoms. The number of H-pyrrole nitrogens is 1. The van der Waals surface area contributed by atoms with Gasteiger partial charge in [0.05, 0.1) is 35.5 Å². The second-order valence-corrected chi connectivity index (χ2v) is 8.10. The number of pyridine rings is 1. The summed E-state index contributed by atoms with van der Waals surface area (Å²) in [5.41, 5.74) is 10.1. The van der Waals surface area contributed by atoms with Crippen LogP contribution in [0.4, 0.5) is 0 Å². The van der Waals surface area contributed by atoms with Gasteiger partial charge in [-0.3, -0.25) is 14.5 Å². The first kappa shape index (κ1) is 21.1. The number of fused-ring (bicyclic) bond motifs is 3. The van der Waals surface area contributed by atoms with Crippen LogP contribution in [0.2, 0.25) is 0 Å². The van der Waals surface area contributed by atoms with Gasteiger partial charge in [0, 0.05) is 48.2 Å². The summed E-state index contributed by atoms with van der Waals surface area (Å²) in [5.74, 6) is -0.677. The predicted molar refractivity (Wildman–Crippen MR) is 127 cm³/mol. The number of hydrogen-bond donors (Lipinski definition) is 3. The average Bonchev–Trinajstić information content (AvgIpc) is 3.22. The molecule has 1 aliphatic heterocycles. The number of aromatic amines is 1. The van der Waals surface area contributed by atoms with E-state index < -0.39 is 5.91 Å². The maximum absolute atomic E-state index is 12.7. The highest BCUT2D eigenvalue weighted by Crippen LogP contribution is 2.30. The second-order valence-electron chi connectivity index (χ2n) is 8.10. The minimum absolute atomic E-state index is 0.142. The maximum Gasteiger partial charge on any atom is 0.251 e. The van der Waals surface area contributed by atoms with Crippen LogP contribution < -0.4 is 11.1 Å². The van der Waals surface area contributed by atoms with Crippen LogP contribution in [0.1, 0.15) is 20.7 Å². The van der Waals surface area contributed by atoms with E-state index in [9.17, 15) is 9.59 Å². The number of nitrogens with one attached hydrogen (secondary N) is 2. The summed E-state index contributed by atoms with van der Waals surface area (Å²) >= 11 is 0. The van der Waals surface area contributed by atoms with Gasteiger partial charge in [-0.1, -0.05) is 30.3 Å². The van der Waals surface area contributed by atoms with E-state index in [1.807, 2.05) is 36.4 Å². The number of aromatic nitrogens is 2. The monoisotopic (exact) mass is 443 g/mol. The first-order valence-electron chi connectivity index (χ1n) is 11.0. The van der Waals surface area contributed by atoms with Crippen LogP contribution in [-0.4, -0.2) is 66.1 Å². The number of rotatable bonds is 6. The van der Waals surface area contributed by atoms with Crippen LogP contribution in [-0.2, 0) is 4.74 Å². The third-order valence-electron chi connectivity index (χ3n) is 5.97. The molecule has 0 saturated carbocycles. The Morgan fingerprint density at radius 3 is 2.64 bits per heavy atom. The van der Waals surface area contributed by atoms with Crippen molar-refractivity contribution in [2.75, 3.05) is 39.4 Å². The fourth-order valence-corrected chi connectivity index (χ4v) is 4.20. The third kappa shape index (κ3) is 4.30. The van der Waals surface area contributed by atoms with Gasteiger partial charge in [-0.15, -0.1) is 0 Å². The standard InChI is InChI=1S/C25H25N5O3/c26-24(31)19-15-20(16-4-2-1-3-5-16)28-22-18-7-6-17(14-21(18)29-23(19)22)25(32)27-8-9-30-10-12-33-13-11-30/h1-7,14-15,29H,8-13H2,(H2,26,31)(H,27,32). The molecule has 0 unspecified atom stereocenters. The normalized spacial score (nSPS) is 14.5. The van der Waals surface area contributed by atoms with Gasteiger partial charge in [0.15, 0.2) is 0 Å². The van der Waals surface area contributed by atoms with Crippen LogP contribution in [0.5, 0.6) is 0 Å². The minimum Gasteiger partial charge on any atom is -0.379 e. The number of carbonyl (C=O) groups is 2. The number of benzene rings is 2. The summed E-state index contributed by atoms with van der Waals surface area (Å²) in [4.78, 5) is 35.2. The molecule has 1 saturated heterocycles. The summed E-state index contributed by atoms with van der Waals surface area (Å²) in [6.07, 6.45) is 0.